The Labute approximate surface area is 102 Å². The molecule has 1 atom stereocenters. The Morgan fingerprint density at radius 3 is 2.38 bits per heavy atom. The van der Waals surface area contributed by atoms with E-state index in [-0.39, 0.29) is 0 Å². The second kappa shape index (κ2) is 9.04. The van der Waals surface area contributed by atoms with Gasteiger partial charge in [0.15, 0.2) is 0 Å². The van der Waals surface area contributed by atoms with Crippen LogP contribution in [-0.2, 0) is 0 Å². The van der Waals surface area contributed by atoms with Gasteiger partial charge in [0, 0.05) is 6.04 Å². The molecule has 0 radical (unpaired) electrons. The van der Waals surface area contributed by atoms with Crippen molar-refractivity contribution in [3.8, 4) is 0 Å². The van der Waals surface area contributed by atoms with E-state index >= 15 is 0 Å². The first-order valence-corrected chi connectivity index (χ1v) is 7.61. The van der Waals surface area contributed by atoms with Crippen molar-refractivity contribution in [2.45, 2.75) is 84.1 Å². The normalized spacial score (nSPS) is 19.9. The van der Waals surface area contributed by atoms with Crippen LogP contribution in [0.1, 0.15) is 78.1 Å². The molecule has 0 saturated heterocycles. The topological polar surface area (TPSA) is 12.0 Å². The first-order valence-electron chi connectivity index (χ1n) is 7.61. The van der Waals surface area contributed by atoms with Gasteiger partial charge in [-0.25, -0.2) is 0 Å². The van der Waals surface area contributed by atoms with Gasteiger partial charge in [0.1, 0.15) is 0 Å². The highest BCUT2D eigenvalue weighted by Crippen LogP contribution is 2.28. The summed E-state index contributed by atoms with van der Waals surface area (Å²) < 4.78 is 0. The molecular weight excluding hydrogens is 194 g/mol. The van der Waals surface area contributed by atoms with Crippen LogP contribution in [0.5, 0.6) is 0 Å². The molecule has 0 aliphatic heterocycles. The monoisotopic (exact) mass is 225 g/mol. The van der Waals surface area contributed by atoms with Gasteiger partial charge in [-0.05, 0) is 31.7 Å². The molecule has 0 spiro atoms. The molecule has 0 amide bonds. The van der Waals surface area contributed by atoms with Crippen molar-refractivity contribution in [2.24, 2.45) is 5.92 Å². The van der Waals surface area contributed by atoms with Crippen LogP contribution in [-0.4, -0.2) is 12.6 Å². The average Bonchev–Trinajstić information content (AvgIpc) is 2.34. The fourth-order valence-corrected chi connectivity index (χ4v) is 3.09. The lowest BCUT2D eigenvalue weighted by Crippen LogP contribution is -2.37. The van der Waals surface area contributed by atoms with Crippen LogP contribution in [0.3, 0.4) is 0 Å². The fraction of sp³-hybridized carbons (Fsp3) is 1.00. The first kappa shape index (κ1) is 14.0. The smallest absolute Gasteiger partial charge is 0.00952 e. The van der Waals surface area contributed by atoms with Gasteiger partial charge in [0.05, 0.1) is 0 Å². The number of hydrogen-bond acceptors (Lipinski definition) is 1. The molecule has 16 heavy (non-hydrogen) atoms. The zero-order chi connectivity index (χ0) is 11.6. The molecule has 0 heterocycles. The standard InChI is InChI=1S/C15H31N/c1-3-5-6-10-13-15(16-4-2)14-11-8-7-9-12-14/h14-16H,3-13H2,1-2H3. The lowest BCUT2D eigenvalue weighted by molar-refractivity contribution is 0.256. The molecular formula is C15H31N. The molecule has 1 aliphatic carbocycles. The molecule has 0 aromatic rings. The largest absolute Gasteiger partial charge is 0.314 e. The summed E-state index contributed by atoms with van der Waals surface area (Å²) in [7, 11) is 0. The van der Waals surface area contributed by atoms with Crippen LogP contribution in [0, 0.1) is 5.92 Å². The maximum Gasteiger partial charge on any atom is 0.00952 e. The van der Waals surface area contributed by atoms with Gasteiger partial charge in [-0.15, -0.1) is 0 Å². The van der Waals surface area contributed by atoms with E-state index < -0.39 is 0 Å². The molecule has 0 bridgehead atoms. The lowest BCUT2D eigenvalue weighted by Gasteiger charge is -2.31. The summed E-state index contributed by atoms with van der Waals surface area (Å²) in [6.45, 7) is 5.69. The molecule has 0 aromatic heterocycles. The Morgan fingerprint density at radius 1 is 1.00 bits per heavy atom. The van der Waals surface area contributed by atoms with Gasteiger partial charge in [-0.1, -0.05) is 58.8 Å². The first-order chi connectivity index (χ1) is 7.88. The molecule has 1 N–H and O–H groups in total. The zero-order valence-electron chi connectivity index (χ0n) is 11.4. The summed E-state index contributed by atoms with van der Waals surface area (Å²) in [5.74, 6) is 0.982. The molecule has 1 unspecified atom stereocenters. The maximum atomic E-state index is 3.73. The SMILES string of the molecule is CCCCCCC(NCC)C1CCCCC1. The second-order valence-corrected chi connectivity index (χ2v) is 5.41. The Morgan fingerprint density at radius 2 is 1.75 bits per heavy atom. The molecule has 1 rings (SSSR count). The predicted molar refractivity (Wildman–Crippen MR) is 72.8 cm³/mol. The van der Waals surface area contributed by atoms with Crippen LogP contribution in [0.25, 0.3) is 0 Å². The van der Waals surface area contributed by atoms with E-state index in [1.165, 1.54) is 64.2 Å². The highest BCUT2D eigenvalue weighted by molar-refractivity contribution is 4.79. The van der Waals surface area contributed by atoms with E-state index in [4.69, 9.17) is 0 Å². The van der Waals surface area contributed by atoms with Crippen molar-refractivity contribution in [3.05, 3.63) is 0 Å². The molecule has 1 aliphatic rings. The molecule has 1 nitrogen and oxygen atoms in total. The second-order valence-electron chi connectivity index (χ2n) is 5.41. The third-order valence-corrected chi connectivity index (χ3v) is 4.05. The van der Waals surface area contributed by atoms with Gasteiger partial charge < -0.3 is 5.32 Å². The van der Waals surface area contributed by atoms with Crippen molar-refractivity contribution in [1.29, 1.82) is 0 Å². The summed E-state index contributed by atoms with van der Waals surface area (Å²) in [6, 6.07) is 0.821. The quantitative estimate of drug-likeness (QED) is 0.599. The minimum Gasteiger partial charge on any atom is -0.314 e. The van der Waals surface area contributed by atoms with Crippen molar-refractivity contribution in [3.63, 3.8) is 0 Å². The van der Waals surface area contributed by atoms with Gasteiger partial charge >= 0.3 is 0 Å². The van der Waals surface area contributed by atoms with E-state index in [9.17, 15) is 0 Å². The number of hydrogen-bond donors (Lipinski definition) is 1. The predicted octanol–water partition coefficient (Wildman–Crippen LogP) is 4.52. The van der Waals surface area contributed by atoms with E-state index in [2.05, 4.69) is 19.2 Å². The number of nitrogens with one attached hydrogen (secondary N) is 1. The van der Waals surface area contributed by atoms with Crippen molar-refractivity contribution < 1.29 is 0 Å². The molecule has 1 heteroatoms. The Bertz CT molecular complexity index is 150. The highest BCUT2D eigenvalue weighted by Gasteiger charge is 2.22. The van der Waals surface area contributed by atoms with Crippen molar-refractivity contribution in [2.75, 3.05) is 6.54 Å². The van der Waals surface area contributed by atoms with Crippen molar-refractivity contribution in [1.82, 2.24) is 5.32 Å². The highest BCUT2D eigenvalue weighted by atomic mass is 14.9. The van der Waals surface area contributed by atoms with E-state index in [0.29, 0.717) is 0 Å². The Kier molecular flexibility index (Phi) is 7.92. The Balaban J connectivity index is 2.22. The maximum absolute atomic E-state index is 3.73. The van der Waals surface area contributed by atoms with Gasteiger partial charge in [-0.2, -0.15) is 0 Å². The minimum atomic E-state index is 0.821. The van der Waals surface area contributed by atoms with E-state index in [1.807, 2.05) is 0 Å². The molecule has 1 fully saturated rings. The van der Waals surface area contributed by atoms with Crippen LogP contribution in [0.2, 0.25) is 0 Å². The van der Waals surface area contributed by atoms with E-state index in [0.717, 1.165) is 18.5 Å². The van der Waals surface area contributed by atoms with Crippen molar-refractivity contribution >= 4 is 0 Å². The number of rotatable bonds is 8. The Hall–Kier alpha value is -0.0400. The van der Waals surface area contributed by atoms with Crippen LogP contribution < -0.4 is 5.32 Å². The van der Waals surface area contributed by atoms with Crippen LogP contribution >= 0.6 is 0 Å². The van der Waals surface area contributed by atoms with Gasteiger partial charge in [0.2, 0.25) is 0 Å². The third kappa shape index (κ3) is 5.34. The lowest BCUT2D eigenvalue weighted by atomic mass is 9.82. The summed E-state index contributed by atoms with van der Waals surface area (Å²) >= 11 is 0. The summed E-state index contributed by atoms with van der Waals surface area (Å²) in [6.07, 6.45) is 14.4. The zero-order valence-corrected chi connectivity index (χ0v) is 11.4. The molecule has 96 valence electrons. The summed E-state index contributed by atoms with van der Waals surface area (Å²) in [5.41, 5.74) is 0. The summed E-state index contributed by atoms with van der Waals surface area (Å²) in [5, 5.41) is 3.73. The molecule has 0 aromatic carbocycles. The van der Waals surface area contributed by atoms with E-state index in [1.54, 1.807) is 0 Å². The number of unbranched alkanes of at least 4 members (excludes halogenated alkanes) is 3. The summed E-state index contributed by atoms with van der Waals surface area (Å²) in [4.78, 5) is 0. The van der Waals surface area contributed by atoms with Crippen LogP contribution in [0.15, 0.2) is 0 Å². The fourth-order valence-electron chi connectivity index (χ4n) is 3.09. The molecule has 1 saturated carbocycles. The average molecular weight is 225 g/mol. The third-order valence-electron chi connectivity index (χ3n) is 4.05. The minimum absolute atomic E-state index is 0.821. The van der Waals surface area contributed by atoms with Crippen LogP contribution in [0.4, 0.5) is 0 Å². The van der Waals surface area contributed by atoms with Gasteiger partial charge in [0.25, 0.3) is 0 Å². The van der Waals surface area contributed by atoms with Gasteiger partial charge in [-0.3, -0.25) is 0 Å².